The summed E-state index contributed by atoms with van der Waals surface area (Å²) in [7, 11) is 0. The van der Waals surface area contributed by atoms with Gasteiger partial charge in [-0.05, 0) is 61.8 Å². The highest BCUT2D eigenvalue weighted by atomic mass is 14.7. The van der Waals surface area contributed by atoms with Gasteiger partial charge in [0.2, 0.25) is 0 Å². The van der Waals surface area contributed by atoms with E-state index in [2.05, 4.69) is 0 Å². The summed E-state index contributed by atoms with van der Waals surface area (Å²) in [6.45, 7) is 0.977. The van der Waals surface area contributed by atoms with Crippen LogP contribution in [0.1, 0.15) is 38.5 Å². The number of hydrogen-bond acceptors (Lipinski definition) is 1. The first kappa shape index (κ1) is 7.37. The smallest absolute Gasteiger partial charge is 0.00177 e. The van der Waals surface area contributed by atoms with Crippen LogP contribution in [0.3, 0.4) is 0 Å². The van der Waals surface area contributed by atoms with Crippen LogP contribution in [0.2, 0.25) is 0 Å². The van der Waals surface area contributed by atoms with Crippen LogP contribution in [0.15, 0.2) is 0 Å². The van der Waals surface area contributed by atoms with Gasteiger partial charge >= 0.3 is 0 Å². The third kappa shape index (κ3) is 0.783. The predicted molar refractivity (Wildman–Crippen MR) is 49.7 cm³/mol. The fourth-order valence-corrected chi connectivity index (χ4v) is 4.45. The summed E-state index contributed by atoms with van der Waals surface area (Å²) in [6.07, 6.45) is 9.03. The van der Waals surface area contributed by atoms with Crippen molar-refractivity contribution in [1.82, 2.24) is 0 Å². The lowest BCUT2D eigenvalue weighted by Gasteiger charge is -2.44. The molecule has 0 aromatic rings. The third-order valence-electron chi connectivity index (χ3n) is 4.87. The number of fused-ring (bicyclic) bond motifs is 2. The summed E-state index contributed by atoms with van der Waals surface area (Å²) in [5, 5.41) is 0. The van der Waals surface area contributed by atoms with Gasteiger partial charge in [0, 0.05) is 0 Å². The predicted octanol–water partition coefficient (Wildman–Crippen LogP) is 2.16. The fraction of sp³-hybridized carbons (Fsp3) is 1.00. The SMILES string of the molecule is NCC12CC3CCC1CC(C3)C2. The molecule has 3 aliphatic rings. The van der Waals surface area contributed by atoms with Crippen LogP contribution >= 0.6 is 0 Å². The largest absolute Gasteiger partial charge is 0.330 e. The van der Waals surface area contributed by atoms with Gasteiger partial charge in [0.05, 0.1) is 0 Å². The highest BCUT2D eigenvalue weighted by Crippen LogP contribution is 2.61. The number of hydrogen-bond donors (Lipinski definition) is 1. The summed E-state index contributed by atoms with van der Waals surface area (Å²) >= 11 is 0. The highest BCUT2D eigenvalue weighted by Gasteiger charge is 2.53. The first-order chi connectivity index (χ1) is 5.82. The van der Waals surface area contributed by atoms with Crippen molar-refractivity contribution in [3.63, 3.8) is 0 Å². The van der Waals surface area contributed by atoms with Crippen molar-refractivity contribution in [2.45, 2.75) is 38.5 Å². The van der Waals surface area contributed by atoms with Gasteiger partial charge < -0.3 is 5.73 Å². The molecule has 3 fully saturated rings. The zero-order chi connectivity index (χ0) is 8.18. The Labute approximate surface area is 74.7 Å². The first-order valence-corrected chi connectivity index (χ1v) is 5.52. The average molecular weight is 165 g/mol. The Kier molecular flexibility index (Phi) is 1.39. The Bertz CT molecular complexity index is 201. The Morgan fingerprint density at radius 1 is 1.08 bits per heavy atom. The van der Waals surface area contributed by atoms with E-state index >= 15 is 0 Å². The minimum atomic E-state index is 0.631. The molecule has 3 saturated carbocycles. The monoisotopic (exact) mass is 165 g/mol. The Balaban J connectivity index is 1.96. The normalized spacial score (nSPS) is 56.2. The van der Waals surface area contributed by atoms with Crippen LogP contribution in [0.25, 0.3) is 0 Å². The van der Waals surface area contributed by atoms with Crippen LogP contribution in [0.4, 0.5) is 0 Å². The lowest BCUT2D eigenvalue weighted by atomic mass is 9.62. The van der Waals surface area contributed by atoms with E-state index < -0.39 is 0 Å². The molecule has 1 heteroatoms. The lowest BCUT2D eigenvalue weighted by Crippen LogP contribution is -2.41. The molecule has 0 spiro atoms. The molecule has 3 aliphatic carbocycles. The van der Waals surface area contributed by atoms with Crippen LogP contribution < -0.4 is 5.73 Å². The second-order valence-electron chi connectivity index (χ2n) is 5.45. The van der Waals surface area contributed by atoms with Gasteiger partial charge in [-0.25, -0.2) is 0 Å². The van der Waals surface area contributed by atoms with Gasteiger partial charge in [0.25, 0.3) is 0 Å². The van der Waals surface area contributed by atoms with Crippen molar-refractivity contribution in [2.75, 3.05) is 6.54 Å². The molecule has 0 aliphatic heterocycles. The van der Waals surface area contributed by atoms with Crippen molar-refractivity contribution in [3.8, 4) is 0 Å². The summed E-state index contributed by atoms with van der Waals surface area (Å²) in [5.74, 6) is 3.15. The van der Waals surface area contributed by atoms with Crippen LogP contribution in [-0.2, 0) is 0 Å². The van der Waals surface area contributed by atoms with E-state index in [1.54, 1.807) is 0 Å². The molecule has 68 valence electrons. The zero-order valence-electron chi connectivity index (χ0n) is 7.76. The standard InChI is InChI=1S/C11H19N/c12-7-11-5-8-1-2-10(11)4-9(3-8)6-11/h8-10H,1-7,12H2. The fourth-order valence-electron chi connectivity index (χ4n) is 4.45. The molecule has 0 heterocycles. The molecule has 0 aromatic carbocycles. The lowest BCUT2D eigenvalue weighted by molar-refractivity contribution is 0.0696. The number of rotatable bonds is 1. The van der Waals surface area contributed by atoms with E-state index in [9.17, 15) is 0 Å². The molecule has 4 atom stereocenters. The molecule has 2 N–H and O–H groups in total. The van der Waals surface area contributed by atoms with Gasteiger partial charge in [-0.2, -0.15) is 0 Å². The van der Waals surface area contributed by atoms with Crippen molar-refractivity contribution in [2.24, 2.45) is 28.9 Å². The molecule has 1 nitrogen and oxygen atoms in total. The average Bonchev–Trinajstić information content (AvgIpc) is 2.23. The summed E-state index contributed by atoms with van der Waals surface area (Å²) in [6, 6.07) is 0. The maximum absolute atomic E-state index is 5.96. The minimum absolute atomic E-state index is 0.631. The Hall–Kier alpha value is -0.0400. The Morgan fingerprint density at radius 2 is 1.92 bits per heavy atom. The maximum atomic E-state index is 5.96. The van der Waals surface area contributed by atoms with Crippen molar-refractivity contribution >= 4 is 0 Å². The van der Waals surface area contributed by atoms with Crippen LogP contribution in [0, 0.1) is 23.2 Å². The summed E-state index contributed by atoms with van der Waals surface area (Å²) in [4.78, 5) is 0. The van der Waals surface area contributed by atoms with E-state index in [0.29, 0.717) is 5.41 Å². The molecule has 3 rings (SSSR count). The quantitative estimate of drug-likeness (QED) is 0.633. The van der Waals surface area contributed by atoms with Gasteiger partial charge in [-0.1, -0.05) is 6.42 Å². The van der Waals surface area contributed by atoms with Crippen molar-refractivity contribution in [1.29, 1.82) is 0 Å². The van der Waals surface area contributed by atoms with Gasteiger partial charge in [0.15, 0.2) is 0 Å². The highest BCUT2D eigenvalue weighted by molar-refractivity contribution is 5.04. The summed E-state index contributed by atoms with van der Waals surface area (Å²) in [5.41, 5.74) is 6.59. The topological polar surface area (TPSA) is 26.0 Å². The molecule has 0 amide bonds. The maximum Gasteiger partial charge on any atom is -0.00177 e. The zero-order valence-corrected chi connectivity index (χ0v) is 7.76. The van der Waals surface area contributed by atoms with Gasteiger partial charge in [0.1, 0.15) is 0 Å². The molecule has 0 radical (unpaired) electrons. The molecular formula is C11H19N. The second-order valence-corrected chi connectivity index (χ2v) is 5.45. The molecule has 4 unspecified atom stereocenters. The Morgan fingerprint density at radius 3 is 2.75 bits per heavy atom. The van der Waals surface area contributed by atoms with Crippen molar-refractivity contribution < 1.29 is 0 Å². The van der Waals surface area contributed by atoms with Crippen molar-refractivity contribution in [3.05, 3.63) is 0 Å². The van der Waals surface area contributed by atoms with E-state index in [0.717, 1.165) is 24.3 Å². The molecule has 0 aromatic heterocycles. The molecule has 12 heavy (non-hydrogen) atoms. The van der Waals surface area contributed by atoms with Crippen LogP contribution in [-0.4, -0.2) is 6.54 Å². The van der Waals surface area contributed by atoms with E-state index in [4.69, 9.17) is 5.73 Å². The van der Waals surface area contributed by atoms with Crippen LogP contribution in [0.5, 0.6) is 0 Å². The first-order valence-electron chi connectivity index (χ1n) is 5.52. The van der Waals surface area contributed by atoms with Gasteiger partial charge in [-0.3, -0.25) is 0 Å². The molecular weight excluding hydrogens is 146 g/mol. The van der Waals surface area contributed by atoms with E-state index in [1.165, 1.54) is 38.5 Å². The second kappa shape index (κ2) is 2.25. The van der Waals surface area contributed by atoms with E-state index in [-0.39, 0.29) is 0 Å². The molecule has 3 bridgehead atoms. The minimum Gasteiger partial charge on any atom is -0.330 e. The summed E-state index contributed by atoms with van der Waals surface area (Å²) < 4.78 is 0. The van der Waals surface area contributed by atoms with E-state index in [1.807, 2.05) is 0 Å². The molecule has 0 saturated heterocycles. The van der Waals surface area contributed by atoms with Gasteiger partial charge in [-0.15, -0.1) is 0 Å². The number of nitrogens with two attached hydrogens (primary N) is 1. The third-order valence-corrected chi connectivity index (χ3v) is 4.87.